The van der Waals surface area contributed by atoms with Gasteiger partial charge < -0.3 is 10.0 Å². The number of carbonyl (C=O) groups excluding carboxylic acids is 1. The molecule has 1 N–H and O–H groups in total. The molecule has 1 heterocycles. The van der Waals surface area contributed by atoms with Crippen LogP contribution < -0.4 is 0 Å². The Morgan fingerprint density at radius 3 is 2.65 bits per heavy atom. The SMILES string of the molecule is CC(c1ccc(O)cc1)N1CC(CS)CC1=O. The van der Waals surface area contributed by atoms with Crippen LogP contribution in [0.3, 0.4) is 0 Å². The van der Waals surface area contributed by atoms with E-state index in [-0.39, 0.29) is 17.7 Å². The lowest BCUT2D eigenvalue weighted by Gasteiger charge is -2.25. The van der Waals surface area contributed by atoms with Crippen LogP contribution >= 0.6 is 12.6 Å². The highest BCUT2D eigenvalue weighted by Gasteiger charge is 2.32. The van der Waals surface area contributed by atoms with Crippen molar-refractivity contribution in [2.24, 2.45) is 5.92 Å². The summed E-state index contributed by atoms with van der Waals surface area (Å²) >= 11 is 4.25. The van der Waals surface area contributed by atoms with Crippen LogP contribution in [0.5, 0.6) is 5.75 Å². The quantitative estimate of drug-likeness (QED) is 0.809. The van der Waals surface area contributed by atoms with Crippen molar-refractivity contribution in [2.45, 2.75) is 19.4 Å². The molecule has 1 fully saturated rings. The number of aromatic hydroxyl groups is 1. The minimum atomic E-state index is 0.0629. The third kappa shape index (κ3) is 2.57. The van der Waals surface area contributed by atoms with E-state index in [1.54, 1.807) is 12.1 Å². The van der Waals surface area contributed by atoms with E-state index in [4.69, 9.17) is 0 Å². The van der Waals surface area contributed by atoms with E-state index >= 15 is 0 Å². The molecular formula is C13H17NO2S. The number of hydrogen-bond acceptors (Lipinski definition) is 3. The molecule has 3 nitrogen and oxygen atoms in total. The first-order valence-corrected chi connectivity index (χ1v) is 6.44. The third-order valence-electron chi connectivity index (χ3n) is 3.34. The number of phenols is 1. The Kier molecular flexibility index (Phi) is 3.62. The van der Waals surface area contributed by atoms with Crippen molar-refractivity contribution < 1.29 is 9.90 Å². The Hall–Kier alpha value is -1.16. The van der Waals surface area contributed by atoms with Gasteiger partial charge in [-0.1, -0.05) is 12.1 Å². The fraction of sp³-hybridized carbons (Fsp3) is 0.462. The molecule has 2 unspecified atom stereocenters. The second-order valence-electron chi connectivity index (χ2n) is 4.57. The van der Waals surface area contributed by atoms with Crippen LogP contribution in [0, 0.1) is 5.92 Å². The Labute approximate surface area is 107 Å². The van der Waals surface area contributed by atoms with Crippen LogP contribution in [0.25, 0.3) is 0 Å². The van der Waals surface area contributed by atoms with Gasteiger partial charge in [-0.05, 0) is 36.3 Å². The summed E-state index contributed by atoms with van der Waals surface area (Å²) in [6.07, 6.45) is 0.603. The van der Waals surface area contributed by atoms with Crippen molar-refractivity contribution in [1.82, 2.24) is 4.90 Å². The van der Waals surface area contributed by atoms with Crippen LogP contribution in [0.4, 0.5) is 0 Å². The van der Waals surface area contributed by atoms with E-state index in [0.29, 0.717) is 12.3 Å². The summed E-state index contributed by atoms with van der Waals surface area (Å²) in [4.78, 5) is 13.8. The number of hydrogen-bond donors (Lipinski definition) is 2. The van der Waals surface area contributed by atoms with E-state index < -0.39 is 0 Å². The molecule has 1 aliphatic heterocycles. The van der Waals surface area contributed by atoms with E-state index in [1.165, 1.54) is 0 Å². The molecule has 0 radical (unpaired) electrons. The van der Waals surface area contributed by atoms with Crippen LogP contribution in [-0.2, 0) is 4.79 Å². The molecule has 92 valence electrons. The Balaban J connectivity index is 2.12. The third-order valence-corrected chi connectivity index (χ3v) is 3.86. The molecule has 1 saturated heterocycles. The highest BCUT2D eigenvalue weighted by Crippen LogP contribution is 2.29. The zero-order valence-electron chi connectivity index (χ0n) is 9.84. The summed E-state index contributed by atoms with van der Waals surface area (Å²) in [5.41, 5.74) is 1.05. The molecule has 1 aliphatic rings. The van der Waals surface area contributed by atoms with Gasteiger partial charge in [0, 0.05) is 13.0 Å². The number of amides is 1. The van der Waals surface area contributed by atoms with Crippen molar-refractivity contribution >= 4 is 18.5 Å². The van der Waals surface area contributed by atoms with Gasteiger partial charge in [-0.2, -0.15) is 12.6 Å². The second kappa shape index (κ2) is 5.00. The summed E-state index contributed by atoms with van der Waals surface area (Å²) in [7, 11) is 0. The topological polar surface area (TPSA) is 40.5 Å². The van der Waals surface area contributed by atoms with E-state index in [2.05, 4.69) is 12.6 Å². The van der Waals surface area contributed by atoms with Crippen LogP contribution in [-0.4, -0.2) is 28.2 Å². The van der Waals surface area contributed by atoms with Crippen LogP contribution in [0.2, 0.25) is 0 Å². The highest BCUT2D eigenvalue weighted by molar-refractivity contribution is 7.80. The molecule has 1 aromatic rings. The summed E-state index contributed by atoms with van der Waals surface area (Å²) < 4.78 is 0. The van der Waals surface area contributed by atoms with Crippen molar-refractivity contribution in [1.29, 1.82) is 0 Å². The van der Waals surface area contributed by atoms with Crippen molar-refractivity contribution in [2.75, 3.05) is 12.3 Å². The molecule has 4 heteroatoms. The van der Waals surface area contributed by atoms with Gasteiger partial charge in [0.05, 0.1) is 6.04 Å². The number of likely N-dealkylation sites (tertiary alicyclic amines) is 1. The average molecular weight is 251 g/mol. The summed E-state index contributed by atoms with van der Waals surface area (Å²) in [6, 6.07) is 7.10. The zero-order valence-corrected chi connectivity index (χ0v) is 10.7. The Bertz CT molecular complexity index is 404. The van der Waals surface area contributed by atoms with Crippen LogP contribution in [0.1, 0.15) is 24.9 Å². The predicted molar refractivity (Wildman–Crippen MR) is 70.2 cm³/mol. The van der Waals surface area contributed by atoms with Gasteiger partial charge in [0.15, 0.2) is 0 Å². The lowest BCUT2D eigenvalue weighted by atomic mass is 10.1. The minimum Gasteiger partial charge on any atom is -0.508 e. The minimum absolute atomic E-state index is 0.0629. The standard InChI is InChI=1S/C13H17NO2S/c1-9(11-2-4-12(15)5-3-11)14-7-10(8-17)6-13(14)16/h2-5,9-10,15,17H,6-8H2,1H3. The molecular weight excluding hydrogens is 234 g/mol. The molecule has 2 atom stereocenters. The van der Waals surface area contributed by atoms with Crippen molar-refractivity contribution in [3.63, 3.8) is 0 Å². The number of benzene rings is 1. The van der Waals surface area contributed by atoms with E-state index in [9.17, 15) is 9.90 Å². The molecule has 0 bridgehead atoms. The largest absolute Gasteiger partial charge is 0.508 e. The molecule has 1 amide bonds. The lowest BCUT2D eigenvalue weighted by molar-refractivity contribution is -0.129. The summed E-state index contributed by atoms with van der Waals surface area (Å²) in [5.74, 6) is 1.57. The fourth-order valence-corrected chi connectivity index (χ4v) is 2.48. The maximum Gasteiger partial charge on any atom is 0.223 e. The van der Waals surface area contributed by atoms with E-state index in [0.717, 1.165) is 17.9 Å². The first kappa shape index (κ1) is 12.3. The number of nitrogens with zero attached hydrogens (tertiary/aromatic N) is 1. The Morgan fingerprint density at radius 2 is 2.12 bits per heavy atom. The number of rotatable bonds is 3. The van der Waals surface area contributed by atoms with Crippen molar-refractivity contribution in [3.8, 4) is 5.75 Å². The zero-order chi connectivity index (χ0) is 12.4. The highest BCUT2D eigenvalue weighted by atomic mass is 32.1. The van der Waals surface area contributed by atoms with E-state index in [1.807, 2.05) is 24.0 Å². The van der Waals surface area contributed by atoms with Gasteiger partial charge in [-0.25, -0.2) is 0 Å². The second-order valence-corrected chi connectivity index (χ2v) is 4.93. The van der Waals surface area contributed by atoms with Crippen LogP contribution in [0.15, 0.2) is 24.3 Å². The van der Waals surface area contributed by atoms with Gasteiger partial charge in [-0.3, -0.25) is 4.79 Å². The molecule has 2 rings (SSSR count). The first-order chi connectivity index (χ1) is 8.11. The predicted octanol–water partition coefficient (Wildman–Crippen LogP) is 2.23. The average Bonchev–Trinajstić information content (AvgIpc) is 2.71. The fourth-order valence-electron chi connectivity index (χ4n) is 2.24. The Morgan fingerprint density at radius 1 is 1.47 bits per heavy atom. The number of carbonyl (C=O) groups is 1. The van der Waals surface area contributed by atoms with Gasteiger partial charge in [0.1, 0.15) is 5.75 Å². The summed E-state index contributed by atoms with van der Waals surface area (Å²) in [6.45, 7) is 2.80. The van der Waals surface area contributed by atoms with Gasteiger partial charge >= 0.3 is 0 Å². The molecule has 1 aromatic carbocycles. The van der Waals surface area contributed by atoms with Gasteiger partial charge in [-0.15, -0.1) is 0 Å². The smallest absolute Gasteiger partial charge is 0.223 e. The summed E-state index contributed by atoms with van der Waals surface area (Å²) in [5, 5.41) is 9.25. The van der Waals surface area contributed by atoms with Gasteiger partial charge in [0.25, 0.3) is 0 Å². The maximum atomic E-state index is 11.9. The molecule has 17 heavy (non-hydrogen) atoms. The number of phenolic OH excluding ortho intramolecular Hbond substituents is 1. The normalized spacial score (nSPS) is 21.9. The first-order valence-electron chi connectivity index (χ1n) is 5.81. The number of thiol groups is 1. The molecule has 0 aliphatic carbocycles. The maximum absolute atomic E-state index is 11.9. The van der Waals surface area contributed by atoms with Crippen molar-refractivity contribution in [3.05, 3.63) is 29.8 Å². The molecule has 0 spiro atoms. The molecule has 0 saturated carbocycles. The van der Waals surface area contributed by atoms with Gasteiger partial charge in [0.2, 0.25) is 5.91 Å². The molecule has 0 aromatic heterocycles. The monoisotopic (exact) mass is 251 g/mol. The lowest BCUT2D eigenvalue weighted by Crippen LogP contribution is -2.28.